The molecule has 2 atom stereocenters. The van der Waals surface area contributed by atoms with E-state index in [0.29, 0.717) is 11.8 Å². The zero-order valence-corrected chi connectivity index (χ0v) is 16.8. The highest BCUT2D eigenvalue weighted by molar-refractivity contribution is 7.07. The van der Waals surface area contributed by atoms with Crippen LogP contribution in [-0.2, 0) is 13.1 Å². The molecule has 1 N–H and O–H groups in total. The van der Waals surface area contributed by atoms with E-state index in [1.165, 1.54) is 12.0 Å². The minimum atomic E-state index is -0.378. The number of hydrogen-bond donors (Lipinski definition) is 1. The van der Waals surface area contributed by atoms with Crippen LogP contribution in [0.3, 0.4) is 0 Å². The lowest BCUT2D eigenvalue weighted by atomic mass is 9.95. The molecule has 0 bridgehead atoms. The fraction of sp³-hybridized carbons (Fsp3) is 0.571. The van der Waals surface area contributed by atoms with Gasteiger partial charge in [-0.25, -0.2) is 0 Å². The summed E-state index contributed by atoms with van der Waals surface area (Å²) in [4.78, 5) is 32.0. The van der Waals surface area contributed by atoms with Crippen molar-refractivity contribution in [2.75, 3.05) is 13.1 Å². The number of fused-ring (bicyclic) bond motifs is 3. The Morgan fingerprint density at radius 2 is 2.07 bits per heavy atom. The summed E-state index contributed by atoms with van der Waals surface area (Å²) in [5.41, 5.74) is 1.17. The number of carbonyl (C=O) groups excluding carboxylic acids is 1. The van der Waals surface area contributed by atoms with Crippen LogP contribution in [0.25, 0.3) is 0 Å². The van der Waals surface area contributed by atoms with E-state index in [1.807, 2.05) is 0 Å². The fourth-order valence-electron chi connectivity index (χ4n) is 5.07. The molecule has 1 saturated carbocycles. The lowest BCUT2D eigenvalue weighted by Crippen LogP contribution is -2.39. The first kappa shape index (κ1) is 18.1. The zero-order valence-electron chi connectivity index (χ0n) is 16.0. The van der Waals surface area contributed by atoms with Crippen LogP contribution in [-0.4, -0.2) is 39.5 Å². The molecular weight excluding hydrogens is 372 g/mol. The quantitative estimate of drug-likeness (QED) is 0.860. The molecule has 4 heterocycles. The third kappa shape index (κ3) is 3.42. The highest BCUT2D eigenvalue weighted by Crippen LogP contribution is 2.38. The first-order valence-corrected chi connectivity index (χ1v) is 11.3. The Hall–Kier alpha value is -1.99. The molecule has 1 aliphatic carbocycles. The molecule has 0 radical (unpaired) electrons. The van der Waals surface area contributed by atoms with Crippen molar-refractivity contribution in [2.45, 2.75) is 57.2 Å². The molecule has 7 heteroatoms. The van der Waals surface area contributed by atoms with Crippen LogP contribution in [0.1, 0.15) is 59.8 Å². The van der Waals surface area contributed by atoms with Gasteiger partial charge in [-0.3, -0.25) is 14.5 Å². The maximum Gasteiger partial charge on any atom is 0.285 e. The second-order valence-corrected chi connectivity index (χ2v) is 9.25. The molecule has 28 heavy (non-hydrogen) atoms. The van der Waals surface area contributed by atoms with Crippen LogP contribution in [0.2, 0.25) is 0 Å². The summed E-state index contributed by atoms with van der Waals surface area (Å²) in [5.74, 6) is 1.37. The molecule has 148 valence electrons. The van der Waals surface area contributed by atoms with Gasteiger partial charge in [0.2, 0.25) is 0 Å². The molecule has 2 aromatic rings. The normalized spacial score (nSPS) is 24.9. The first-order valence-electron chi connectivity index (χ1n) is 10.3. The van der Waals surface area contributed by atoms with E-state index >= 15 is 0 Å². The molecule has 0 unspecified atom stereocenters. The van der Waals surface area contributed by atoms with Crippen molar-refractivity contribution < 1.29 is 4.79 Å². The van der Waals surface area contributed by atoms with Gasteiger partial charge in [0.25, 0.3) is 11.5 Å². The van der Waals surface area contributed by atoms with Gasteiger partial charge in [0.1, 0.15) is 11.4 Å². The van der Waals surface area contributed by atoms with Gasteiger partial charge < -0.3 is 9.88 Å². The molecule has 0 spiro atoms. The Morgan fingerprint density at radius 1 is 1.21 bits per heavy atom. The lowest BCUT2D eigenvalue weighted by Gasteiger charge is -2.22. The van der Waals surface area contributed by atoms with Gasteiger partial charge in [0.05, 0.1) is 0 Å². The smallest absolute Gasteiger partial charge is 0.285 e. The molecule has 2 fully saturated rings. The number of carbonyl (C=O) groups is 1. The molecular formula is C21H26N4O2S. The second-order valence-electron chi connectivity index (χ2n) is 8.47. The van der Waals surface area contributed by atoms with Crippen molar-refractivity contribution in [1.29, 1.82) is 0 Å². The van der Waals surface area contributed by atoms with Gasteiger partial charge >= 0.3 is 0 Å². The number of amides is 1. The molecule has 6 nitrogen and oxygen atoms in total. The topological polar surface area (TPSA) is 67.2 Å². The number of hydrogen-bond acceptors (Lipinski definition) is 5. The second kappa shape index (κ2) is 7.44. The van der Waals surface area contributed by atoms with Crippen molar-refractivity contribution in [3.05, 3.63) is 50.3 Å². The van der Waals surface area contributed by atoms with E-state index in [2.05, 4.69) is 36.6 Å². The fourth-order valence-corrected chi connectivity index (χ4v) is 5.73. The van der Waals surface area contributed by atoms with Crippen LogP contribution in [0.4, 0.5) is 0 Å². The van der Waals surface area contributed by atoms with E-state index in [4.69, 9.17) is 0 Å². The van der Waals surface area contributed by atoms with E-state index in [9.17, 15) is 9.59 Å². The highest BCUT2D eigenvalue weighted by Gasteiger charge is 2.41. The number of rotatable bonds is 4. The van der Waals surface area contributed by atoms with Crippen molar-refractivity contribution in [3.63, 3.8) is 0 Å². The van der Waals surface area contributed by atoms with E-state index in [0.717, 1.165) is 57.7 Å². The van der Waals surface area contributed by atoms with Gasteiger partial charge in [-0.05, 0) is 35.2 Å². The molecule has 1 saturated heterocycles. The third-order valence-electron chi connectivity index (χ3n) is 6.48. The van der Waals surface area contributed by atoms with Crippen LogP contribution in [0.15, 0.2) is 27.8 Å². The maximum absolute atomic E-state index is 12.6. The largest absolute Gasteiger partial charge is 0.349 e. The average molecular weight is 399 g/mol. The first-order chi connectivity index (χ1) is 13.7. The van der Waals surface area contributed by atoms with Gasteiger partial charge in [0.15, 0.2) is 0 Å². The minimum Gasteiger partial charge on any atom is -0.349 e. The van der Waals surface area contributed by atoms with Crippen molar-refractivity contribution in [3.8, 4) is 0 Å². The standard InChI is InChI=1S/C21H26N4O2S/c26-20(22-16-4-2-1-3-5-16)18-12-25-10-15-9-24(8-14-6-7-28-13-14)11-17(15)19(25)23-21(18)27/h6-7,12-13,15-17H,1-5,8-11H2,(H,22,26)/t15-,17+/m1/s1. The molecule has 2 aromatic heterocycles. The summed E-state index contributed by atoms with van der Waals surface area (Å²) < 4.78 is 2.05. The number of thiophene rings is 1. The molecule has 1 amide bonds. The Morgan fingerprint density at radius 3 is 2.86 bits per heavy atom. The Kier molecular flexibility index (Phi) is 4.80. The van der Waals surface area contributed by atoms with Crippen LogP contribution in [0.5, 0.6) is 0 Å². The average Bonchev–Trinajstić information content (AvgIpc) is 3.39. The van der Waals surface area contributed by atoms with Crippen molar-refractivity contribution >= 4 is 17.2 Å². The number of likely N-dealkylation sites (tertiary alicyclic amines) is 1. The molecule has 2 aliphatic heterocycles. The predicted molar refractivity (Wildman–Crippen MR) is 109 cm³/mol. The van der Waals surface area contributed by atoms with Crippen LogP contribution in [0, 0.1) is 5.92 Å². The van der Waals surface area contributed by atoms with Crippen LogP contribution >= 0.6 is 11.3 Å². The van der Waals surface area contributed by atoms with Gasteiger partial charge in [-0.1, -0.05) is 19.3 Å². The number of nitrogens with one attached hydrogen (secondary N) is 1. The molecule has 3 aliphatic rings. The third-order valence-corrected chi connectivity index (χ3v) is 7.21. The van der Waals surface area contributed by atoms with E-state index in [1.54, 1.807) is 17.5 Å². The summed E-state index contributed by atoms with van der Waals surface area (Å²) in [7, 11) is 0. The SMILES string of the molecule is O=C(NC1CCCCC1)c1cn2c(nc1=O)[C@H]1CN(Cc3ccsc3)C[C@@H]1C2. The predicted octanol–water partition coefficient (Wildman–Crippen LogP) is 2.60. The molecule has 0 aromatic carbocycles. The van der Waals surface area contributed by atoms with Crippen LogP contribution < -0.4 is 10.9 Å². The maximum atomic E-state index is 12.6. The summed E-state index contributed by atoms with van der Waals surface area (Å²) in [5, 5.41) is 7.36. The highest BCUT2D eigenvalue weighted by atomic mass is 32.1. The molecule has 5 rings (SSSR count). The number of nitrogens with zero attached hydrogens (tertiary/aromatic N) is 3. The summed E-state index contributed by atoms with van der Waals surface area (Å²) in [6, 6.07) is 2.37. The van der Waals surface area contributed by atoms with E-state index < -0.39 is 0 Å². The minimum absolute atomic E-state index is 0.198. The van der Waals surface area contributed by atoms with Gasteiger partial charge in [0, 0.05) is 50.3 Å². The summed E-state index contributed by atoms with van der Waals surface area (Å²) in [6.45, 7) is 3.75. The number of aromatic nitrogens is 2. The van der Waals surface area contributed by atoms with Gasteiger partial charge in [-0.2, -0.15) is 16.3 Å². The monoisotopic (exact) mass is 398 g/mol. The zero-order chi connectivity index (χ0) is 19.1. The summed E-state index contributed by atoms with van der Waals surface area (Å²) in [6.07, 6.45) is 7.31. The van der Waals surface area contributed by atoms with E-state index in [-0.39, 0.29) is 23.1 Å². The lowest BCUT2D eigenvalue weighted by molar-refractivity contribution is 0.0925. The Bertz CT molecular complexity index is 917. The Labute approximate surface area is 168 Å². The van der Waals surface area contributed by atoms with Gasteiger partial charge in [-0.15, -0.1) is 0 Å². The Balaban J connectivity index is 1.30. The summed E-state index contributed by atoms with van der Waals surface area (Å²) >= 11 is 1.73. The van der Waals surface area contributed by atoms with Crippen molar-refractivity contribution in [2.24, 2.45) is 5.92 Å². The van der Waals surface area contributed by atoms with Crippen molar-refractivity contribution in [1.82, 2.24) is 19.8 Å².